The van der Waals surface area contributed by atoms with Gasteiger partial charge in [0.2, 0.25) is 5.91 Å². The average Bonchev–Trinajstić information content (AvgIpc) is 2.38. The van der Waals surface area contributed by atoms with Crippen LogP contribution in [-0.2, 0) is 14.6 Å². The summed E-state index contributed by atoms with van der Waals surface area (Å²) >= 11 is 0. The molecule has 2 rings (SSSR count). The maximum atomic E-state index is 13.0. The predicted molar refractivity (Wildman–Crippen MR) is 79.3 cm³/mol. The molecule has 2 aliphatic rings. The Labute approximate surface area is 122 Å². The topological polar surface area (TPSA) is 66.5 Å². The number of hydrogen-bond donors (Lipinski definition) is 1. The Bertz CT molecular complexity index is 450. The molecule has 0 radical (unpaired) electrons. The second-order valence-corrected chi connectivity index (χ2v) is 8.47. The summed E-state index contributed by atoms with van der Waals surface area (Å²) in [5.41, 5.74) is -0.268. The van der Waals surface area contributed by atoms with Crippen molar-refractivity contribution < 1.29 is 13.2 Å². The second-order valence-electron chi connectivity index (χ2n) is 6.24. The second kappa shape index (κ2) is 6.02. The number of sulfone groups is 1. The van der Waals surface area contributed by atoms with Gasteiger partial charge in [0.1, 0.15) is 0 Å². The zero-order chi connectivity index (χ0) is 14.8. The molecule has 5 nitrogen and oxygen atoms in total. The molecule has 1 amide bonds. The van der Waals surface area contributed by atoms with Crippen LogP contribution in [0.2, 0.25) is 0 Å². The van der Waals surface area contributed by atoms with Crippen LogP contribution in [0.25, 0.3) is 0 Å². The Morgan fingerprint density at radius 2 is 2.00 bits per heavy atom. The van der Waals surface area contributed by atoms with Crippen LogP contribution >= 0.6 is 0 Å². The first-order valence-corrected chi connectivity index (χ1v) is 9.44. The summed E-state index contributed by atoms with van der Waals surface area (Å²) in [6.07, 6.45) is 3.64. The van der Waals surface area contributed by atoms with Crippen molar-refractivity contribution in [2.75, 3.05) is 31.1 Å². The monoisotopic (exact) mass is 302 g/mol. The summed E-state index contributed by atoms with van der Waals surface area (Å²) < 4.78 is 23.3. The minimum atomic E-state index is -2.97. The van der Waals surface area contributed by atoms with Gasteiger partial charge in [0.15, 0.2) is 9.84 Å². The minimum Gasteiger partial charge on any atom is -0.337 e. The molecular weight excluding hydrogens is 276 g/mol. The lowest BCUT2D eigenvalue weighted by Crippen LogP contribution is -2.56. The number of rotatable bonds is 3. The summed E-state index contributed by atoms with van der Waals surface area (Å²) in [4.78, 5) is 14.8. The fraction of sp³-hybridized carbons (Fsp3) is 0.929. The smallest absolute Gasteiger partial charge is 0.229 e. The highest BCUT2D eigenvalue weighted by molar-refractivity contribution is 7.91. The van der Waals surface area contributed by atoms with Crippen LogP contribution in [0.15, 0.2) is 0 Å². The number of hydrogen-bond acceptors (Lipinski definition) is 4. The minimum absolute atomic E-state index is 0.110. The van der Waals surface area contributed by atoms with E-state index in [2.05, 4.69) is 12.2 Å². The average molecular weight is 302 g/mol. The van der Waals surface area contributed by atoms with Gasteiger partial charge in [-0.3, -0.25) is 4.79 Å². The number of nitrogens with zero attached hydrogens (tertiary/aromatic N) is 1. The van der Waals surface area contributed by atoms with Crippen molar-refractivity contribution in [3.63, 3.8) is 0 Å². The van der Waals surface area contributed by atoms with Gasteiger partial charge in [-0.1, -0.05) is 13.3 Å². The molecule has 1 atom stereocenters. The maximum absolute atomic E-state index is 13.0. The van der Waals surface area contributed by atoms with Crippen molar-refractivity contribution in [1.82, 2.24) is 10.2 Å². The maximum Gasteiger partial charge on any atom is 0.229 e. The summed E-state index contributed by atoms with van der Waals surface area (Å²) in [5, 5.41) is 3.31. The molecule has 0 aromatic carbocycles. The summed E-state index contributed by atoms with van der Waals surface area (Å²) in [7, 11) is -2.97. The van der Waals surface area contributed by atoms with E-state index in [1.165, 1.54) is 0 Å². The molecule has 6 heteroatoms. The molecule has 2 fully saturated rings. The third kappa shape index (κ3) is 3.17. The molecule has 1 N–H and O–H groups in total. The first-order chi connectivity index (χ1) is 9.40. The zero-order valence-corrected chi connectivity index (χ0v) is 13.3. The van der Waals surface area contributed by atoms with Crippen LogP contribution < -0.4 is 5.32 Å². The van der Waals surface area contributed by atoms with E-state index in [-0.39, 0.29) is 28.9 Å². The van der Waals surface area contributed by atoms with E-state index in [0.717, 1.165) is 38.8 Å². The number of carbonyl (C=O) groups is 1. The fourth-order valence-corrected chi connectivity index (χ4v) is 5.12. The summed E-state index contributed by atoms with van der Waals surface area (Å²) in [6, 6.07) is -0.190. The van der Waals surface area contributed by atoms with Crippen molar-refractivity contribution in [2.24, 2.45) is 5.41 Å². The first-order valence-electron chi connectivity index (χ1n) is 7.62. The van der Waals surface area contributed by atoms with Crippen molar-refractivity contribution in [3.8, 4) is 0 Å². The molecule has 20 heavy (non-hydrogen) atoms. The van der Waals surface area contributed by atoms with E-state index >= 15 is 0 Å². The Morgan fingerprint density at radius 3 is 2.55 bits per heavy atom. The van der Waals surface area contributed by atoms with Gasteiger partial charge >= 0.3 is 0 Å². The lowest BCUT2D eigenvalue weighted by Gasteiger charge is -2.43. The highest BCUT2D eigenvalue weighted by Gasteiger charge is 2.44. The van der Waals surface area contributed by atoms with Gasteiger partial charge in [-0.2, -0.15) is 0 Å². The molecule has 0 aromatic heterocycles. The first kappa shape index (κ1) is 15.8. The van der Waals surface area contributed by atoms with Crippen LogP contribution in [0.3, 0.4) is 0 Å². The van der Waals surface area contributed by atoms with Crippen LogP contribution in [0.4, 0.5) is 0 Å². The third-order valence-electron chi connectivity index (χ3n) is 4.67. The predicted octanol–water partition coefficient (Wildman–Crippen LogP) is 0.802. The Kier molecular flexibility index (Phi) is 4.74. The van der Waals surface area contributed by atoms with Crippen LogP contribution in [0, 0.1) is 5.41 Å². The van der Waals surface area contributed by atoms with E-state index in [1.54, 1.807) is 0 Å². The van der Waals surface area contributed by atoms with Crippen LogP contribution in [0.5, 0.6) is 0 Å². The molecule has 2 aliphatic heterocycles. The van der Waals surface area contributed by atoms with Gasteiger partial charge in [-0.05, 0) is 39.3 Å². The van der Waals surface area contributed by atoms with Gasteiger partial charge in [-0.15, -0.1) is 0 Å². The molecular formula is C14H26N2O3S. The third-order valence-corrected chi connectivity index (χ3v) is 6.47. The lowest BCUT2D eigenvalue weighted by atomic mass is 9.74. The molecule has 0 aromatic rings. The zero-order valence-electron chi connectivity index (χ0n) is 12.5. The van der Waals surface area contributed by atoms with Crippen molar-refractivity contribution >= 4 is 15.7 Å². The summed E-state index contributed by atoms with van der Waals surface area (Å²) in [6.45, 7) is 6.09. The lowest BCUT2D eigenvalue weighted by molar-refractivity contribution is -0.146. The highest BCUT2D eigenvalue weighted by Crippen LogP contribution is 2.37. The van der Waals surface area contributed by atoms with E-state index in [1.807, 2.05) is 11.8 Å². The number of nitrogens with one attached hydrogen (secondary N) is 1. The Hall–Kier alpha value is -0.620. The van der Waals surface area contributed by atoms with Gasteiger partial charge in [0, 0.05) is 12.6 Å². The van der Waals surface area contributed by atoms with Gasteiger partial charge in [-0.25, -0.2) is 8.42 Å². The van der Waals surface area contributed by atoms with Crippen molar-refractivity contribution in [2.45, 2.75) is 45.6 Å². The molecule has 0 saturated carbocycles. The standard InChI is InChI=1S/C14H26N2O3S/c1-3-4-14(5-7-15-8-6-14)13(17)16-9-10-20(18,19)11-12(16)2/h12,15H,3-11H2,1-2H3. The molecule has 2 heterocycles. The molecule has 1 unspecified atom stereocenters. The van der Waals surface area contributed by atoms with Crippen molar-refractivity contribution in [1.29, 1.82) is 0 Å². The Balaban J connectivity index is 2.15. The molecule has 116 valence electrons. The number of amides is 1. The largest absolute Gasteiger partial charge is 0.337 e. The molecule has 0 bridgehead atoms. The van der Waals surface area contributed by atoms with Crippen LogP contribution in [-0.4, -0.2) is 56.4 Å². The number of carbonyl (C=O) groups excluding carboxylic acids is 1. The Morgan fingerprint density at radius 1 is 1.35 bits per heavy atom. The van der Waals surface area contributed by atoms with Crippen LogP contribution in [0.1, 0.15) is 39.5 Å². The molecule has 0 aliphatic carbocycles. The van der Waals surface area contributed by atoms with E-state index in [0.29, 0.717) is 6.54 Å². The van der Waals surface area contributed by atoms with Crippen molar-refractivity contribution in [3.05, 3.63) is 0 Å². The fourth-order valence-electron chi connectivity index (χ4n) is 3.56. The van der Waals surface area contributed by atoms with E-state index in [9.17, 15) is 13.2 Å². The number of piperidine rings is 1. The van der Waals surface area contributed by atoms with Gasteiger partial charge < -0.3 is 10.2 Å². The van der Waals surface area contributed by atoms with E-state index < -0.39 is 9.84 Å². The quantitative estimate of drug-likeness (QED) is 0.837. The van der Waals surface area contributed by atoms with Gasteiger partial charge in [0.25, 0.3) is 0 Å². The normalized spacial score (nSPS) is 29.1. The van der Waals surface area contributed by atoms with E-state index in [4.69, 9.17) is 0 Å². The molecule has 0 spiro atoms. The SMILES string of the molecule is CCCC1(C(=O)N2CCS(=O)(=O)CC2C)CCNCC1. The summed E-state index contributed by atoms with van der Waals surface area (Å²) in [5.74, 6) is 0.408. The molecule has 2 saturated heterocycles. The van der Waals surface area contributed by atoms with Gasteiger partial charge in [0.05, 0.1) is 16.9 Å². The highest BCUT2D eigenvalue weighted by atomic mass is 32.2.